The fraction of sp³-hybridized carbons (Fsp3) is 0.433. The highest BCUT2D eigenvalue weighted by Gasteiger charge is 2.52. The minimum absolute atomic E-state index is 0.0887. The number of urea groups is 1. The van der Waals surface area contributed by atoms with Crippen LogP contribution in [0, 0.1) is 25.5 Å². The lowest BCUT2D eigenvalue weighted by molar-refractivity contribution is 0.124. The number of likely N-dealkylation sites (tertiary alicyclic amines) is 1. The summed E-state index contributed by atoms with van der Waals surface area (Å²) < 4.78 is 44.0. The molecular formula is C30H35F2N3O4. The van der Waals surface area contributed by atoms with E-state index in [9.17, 15) is 13.6 Å². The van der Waals surface area contributed by atoms with Crippen LogP contribution in [0.4, 0.5) is 19.3 Å². The van der Waals surface area contributed by atoms with Gasteiger partial charge in [-0.15, -0.1) is 0 Å². The molecule has 3 aromatic rings. The van der Waals surface area contributed by atoms with E-state index < -0.39 is 17.7 Å². The van der Waals surface area contributed by atoms with Gasteiger partial charge in [-0.25, -0.2) is 13.6 Å². The Morgan fingerprint density at radius 3 is 2.54 bits per heavy atom. The van der Waals surface area contributed by atoms with Crippen molar-refractivity contribution < 1.29 is 27.5 Å². The van der Waals surface area contributed by atoms with Crippen LogP contribution in [-0.4, -0.2) is 43.8 Å². The van der Waals surface area contributed by atoms with Crippen molar-refractivity contribution in [2.24, 2.45) is 0 Å². The molecule has 2 aromatic carbocycles. The molecule has 1 saturated heterocycles. The van der Waals surface area contributed by atoms with E-state index in [1.807, 2.05) is 19.9 Å². The summed E-state index contributed by atoms with van der Waals surface area (Å²) in [7, 11) is 3.28. The summed E-state index contributed by atoms with van der Waals surface area (Å²) in [5.41, 5.74) is 2.41. The fourth-order valence-corrected chi connectivity index (χ4v) is 6.30. The van der Waals surface area contributed by atoms with Crippen molar-refractivity contribution in [1.82, 2.24) is 10.2 Å². The zero-order valence-electron chi connectivity index (χ0n) is 22.8. The number of fused-ring (bicyclic) bond motifs is 1. The van der Waals surface area contributed by atoms with Crippen molar-refractivity contribution in [2.75, 3.05) is 26.1 Å². The van der Waals surface area contributed by atoms with E-state index in [4.69, 9.17) is 13.9 Å². The summed E-state index contributed by atoms with van der Waals surface area (Å²) in [4.78, 5) is 15.2. The number of rotatable bonds is 7. The van der Waals surface area contributed by atoms with Gasteiger partial charge < -0.3 is 24.5 Å². The molecular weight excluding hydrogens is 504 g/mol. The summed E-state index contributed by atoms with van der Waals surface area (Å²) in [6.07, 6.45) is 3.36. The number of ether oxygens (including phenoxy) is 2. The molecule has 1 aliphatic carbocycles. The number of hydrogen-bond donors (Lipinski definition) is 2. The van der Waals surface area contributed by atoms with Gasteiger partial charge in [0.2, 0.25) is 0 Å². The van der Waals surface area contributed by atoms with Crippen LogP contribution in [0.5, 0.6) is 11.5 Å². The Morgan fingerprint density at radius 2 is 1.85 bits per heavy atom. The van der Waals surface area contributed by atoms with Crippen LogP contribution in [0.3, 0.4) is 0 Å². The monoisotopic (exact) mass is 539 g/mol. The molecule has 1 aliphatic heterocycles. The van der Waals surface area contributed by atoms with Crippen molar-refractivity contribution >= 4 is 11.7 Å². The highest BCUT2D eigenvalue weighted by molar-refractivity contribution is 5.89. The van der Waals surface area contributed by atoms with Gasteiger partial charge in [-0.1, -0.05) is 6.07 Å². The van der Waals surface area contributed by atoms with Gasteiger partial charge in [0.25, 0.3) is 0 Å². The van der Waals surface area contributed by atoms with Gasteiger partial charge in [-0.05, 0) is 87.5 Å². The molecule has 9 heteroatoms. The van der Waals surface area contributed by atoms with Crippen LogP contribution in [0.2, 0.25) is 0 Å². The summed E-state index contributed by atoms with van der Waals surface area (Å²) in [6, 6.07) is 11.2. The normalized spacial score (nSPS) is 22.8. The van der Waals surface area contributed by atoms with E-state index >= 15 is 0 Å². The number of hydrogen-bond acceptors (Lipinski definition) is 5. The maximum atomic E-state index is 13.6. The van der Waals surface area contributed by atoms with Crippen LogP contribution >= 0.6 is 0 Å². The molecule has 208 valence electrons. The van der Waals surface area contributed by atoms with Gasteiger partial charge in [-0.3, -0.25) is 4.90 Å². The van der Waals surface area contributed by atoms with Crippen molar-refractivity contribution in [3.63, 3.8) is 0 Å². The van der Waals surface area contributed by atoms with Gasteiger partial charge >= 0.3 is 6.03 Å². The van der Waals surface area contributed by atoms with Crippen LogP contribution in [-0.2, 0) is 12.0 Å². The Hall–Kier alpha value is -3.59. The maximum Gasteiger partial charge on any atom is 0.319 e. The Balaban J connectivity index is 1.38. The van der Waals surface area contributed by atoms with E-state index in [1.165, 1.54) is 11.6 Å². The molecule has 2 amide bonds. The molecule has 7 nitrogen and oxygen atoms in total. The van der Waals surface area contributed by atoms with Crippen LogP contribution in [0.1, 0.15) is 48.3 Å². The number of amides is 2. The van der Waals surface area contributed by atoms with E-state index in [-0.39, 0.29) is 23.2 Å². The molecule has 3 unspecified atom stereocenters. The predicted octanol–water partition coefficient (Wildman–Crippen LogP) is 6.08. The summed E-state index contributed by atoms with van der Waals surface area (Å²) in [6.45, 7) is 5.60. The Bertz CT molecular complexity index is 1340. The lowest BCUT2D eigenvalue weighted by atomic mass is 9.65. The number of nitrogens with zero attached hydrogens (tertiary/aromatic N) is 1. The van der Waals surface area contributed by atoms with Gasteiger partial charge in [0.1, 0.15) is 11.5 Å². The average Bonchev–Trinajstić information content (AvgIpc) is 3.44. The molecule has 2 aliphatic rings. The number of benzene rings is 2. The molecule has 2 heterocycles. The number of halogens is 2. The number of furan rings is 1. The third-order valence-corrected chi connectivity index (χ3v) is 8.42. The second kappa shape index (κ2) is 10.9. The lowest BCUT2D eigenvalue weighted by Gasteiger charge is -2.45. The van der Waals surface area contributed by atoms with Gasteiger partial charge in [0.15, 0.2) is 23.1 Å². The van der Waals surface area contributed by atoms with E-state index in [1.54, 1.807) is 14.2 Å². The molecule has 0 bridgehead atoms. The SMILES string of the molecule is COc1ccc(C23CCC(NC(=O)Nc4ccc(F)c(F)c4)CC2N(Cc2cc(C)c(C)o2)CC3)cc1OC. The number of methoxy groups -OCH3 is 2. The van der Waals surface area contributed by atoms with Gasteiger partial charge in [0.05, 0.1) is 20.8 Å². The number of aryl methyl sites for hydroxylation is 2. The third-order valence-electron chi connectivity index (χ3n) is 8.42. The standard InChI is InChI=1S/C30H35F2N3O4/c1-18-13-23(39-19(18)2)17-35-12-11-30(20-5-8-26(37-3)27(14-20)38-4)10-9-22(16-28(30)35)34-29(36)33-21-6-7-24(31)25(32)15-21/h5-8,13-15,22,28H,9-12,16-17H2,1-4H3,(H2,33,34,36). The number of nitrogens with one attached hydrogen (secondary N) is 2. The third kappa shape index (κ3) is 5.32. The molecule has 1 aromatic heterocycles. The highest BCUT2D eigenvalue weighted by atomic mass is 19.2. The van der Waals surface area contributed by atoms with Crippen molar-refractivity contribution in [1.29, 1.82) is 0 Å². The van der Waals surface area contributed by atoms with Crippen molar-refractivity contribution in [2.45, 2.75) is 63.6 Å². The zero-order chi connectivity index (χ0) is 27.7. The zero-order valence-corrected chi connectivity index (χ0v) is 22.8. The fourth-order valence-electron chi connectivity index (χ4n) is 6.30. The van der Waals surface area contributed by atoms with E-state index in [2.05, 4.69) is 33.7 Å². The first-order valence-corrected chi connectivity index (χ1v) is 13.3. The second-order valence-corrected chi connectivity index (χ2v) is 10.6. The van der Waals surface area contributed by atoms with E-state index in [0.717, 1.165) is 61.4 Å². The predicted molar refractivity (Wildman–Crippen MR) is 144 cm³/mol. The number of anilines is 1. The number of carbonyl (C=O) groups excluding carboxylic acids is 1. The first-order chi connectivity index (χ1) is 18.7. The first kappa shape index (κ1) is 27.0. The largest absolute Gasteiger partial charge is 0.493 e. The van der Waals surface area contributed by atoms with Crippen molar-refractivity contribution in [3.8, 4) is 11.5 Å². The quantitative estimate of drug-likeness (QED) is 0.381. The van der Waals surface area contributed by atoms with Gasteiger partial charge in [-0.2, -0.15) is 0 Å². The molecule has 1 saturated carbocycles. The molecule has 5 rings (SSSR count). The molecule has 0 spiro atoms. The molecule has 3 atom stereocenters. The molecule has 0 radical (unpaired) electrons. The average molecular weight is 540 g/mol. The second-order valence-electron chi connectivity index (χ2n) is 10.6. The van der Waals surface area contributed by atoms with Crippen molar-refractivity contribution in [3.05, 3.63) is 76.7 Å². The smallest absolute Gasteiger partial charge is 0.319 e. The van der Waals surface area contributed by atoms with Crippen LogP contribution in [0.15, 0.2) is 46.9 Å². The summed E-state index contributed by atoms with van der Waals surface area (Å²) in [5, 5.41) is 5.69. The maximum absolute atomic E-state index is 13.6. The highest BCUT2D eigenvalue weighted by Crippen LogP contribution is 2.50. The molecule has 2 N–H and O–H groups in total. The first-order valence-electron chi connectivity index (χ1n) is 13.3. The minimum Gasteiger partial charge on any atom is -0.493 e. The van der Waals surface area contributed by atoms with E-state index in [0.29, 0.717) is 18.0 Å². The summed E-state index contributed by atoms with van der Waals surface area (Å²) >= 11 is 0. The van der Waals surface area contributed by atoms with Gasteiger partial charge in [0, 0.05) is 29.3 Å². The molecule has 39 heavy (non-hydrogen) atoms. The lowest BCUT2D eigenvalue weighted by Crippen LogP contribution is -2.52. The Labute approximate surface area is 227 Å². The number of carbonyl (C=O) groups is 1. The minimum atomic E-state index is -1.00. The molecule has 2 fully saturated rings. The summed E-state index contributed by atoms with van der Waals surface area (Å²) in [5.74, 6) is 1.28. The Morgan fingerprint density at radius 1 is 1.05 bits per heavy atom. The van der Waals surface area contributed by atoms with Crippen LogP contribution < -0.4 is 20.1 Å². The topological polar surface area (TPSA) is 76.0 Å². The Kier molecular flexibility index (Phi) is 7.53. The van der Waals surface area contributed by atoms with Crippen LogP contribution in [0.25, 0.3) is 0 Å².